The molecule has 0 N–H and O–H groups in total. The highest BCUT2D eigenvalue weighted by atomic mass is 35.5. The molecule has 6 rings (SSSR count). The Kier molecular flexibility index (Phi) is 6.04. The van der Waals surface area contributed by atoms with Crippen molar-refractivity contribution in [2.45, 2.75) is 25.6 Å². The Labute approximate surface area is 229 Å². The van der Waals surface area contributed by atoms with Gasteiger partial charge in [-0.05, 0) is 43.2 Å². The molecule has 8 nitrogen and oxygen atoms in total. The second kappa shape index (κ2) is 9.18. The number of halogens is 6. The van der Waals surface area contributed by atoms with Gasteiger partial charge in [0.05, 0.1) is 22.9 Å². The van der Waals surface area contributed by atoms with Gasteiger partial charge in [-0.25, -0.2) is 19.4 Å². The van der Waals surface area contributed by atoms with Crippen LogP contribution in [0.3, 0.4) is 0 Å². The molecule has 0 amide bonds. The van der Waals surface area contributed by atoms with E-state index in [-0.39, 0.29) is 37.8 Å². The fourth-order valence-electron chi connectivity index (χ4n) is 4.38. The molecule has 1 aliphatic heterocycles. The molecule has 1 fully saturated rings. The first-order valence-electron chi connectivity index (χ1n) is 11.4. The minimum absolute atomic E-state index is 0.0696. The maximum atomic E-state index is 13.8. The van der Waals surface area contributed by atoms with Gasteiger partial charge in [0.15, 0.2) is 12.5 Å². The average Bonchev–Trinajstić information content (AvgIpc) is 3.19. The van der Waals surface area contributed by atoms with E-state index in [1.807, 2.05) is 12.1 Å². The minimum Gasteiger partial charge on any atom is -0.456 e. The first kappa shape index (κ1) is 25.0. The number of rotatable bonds is 6. The number of alkyl halides is 3. The van der Waals surface area contributed by atoms with Crippen LogP contribution in [-0.4, -0.2) is 43.3 Å². The summed E-state index contributed by atoms with van der Waals surface area (Å²) in [5.74, 6) is -0.0757. The summed E-state index contributed by atoms with van der Waals surface area (Å²) in [6.45, 7) is -0.0484. The fraction of sp³-hybridized carbons (Fsp3) is 0.250. The van der Waals surface area contributed by atoms with Crippen LogP contribution in [0.4, 0.5) is 19.0 Å². The van der Waals surface area contributed by atoms with E-state index in [1.165, 1.54) is 17.7 Å². The van der Waals surface area contributed by atoms with Crippen LogP contribution in [0.15, 0.2) is 60.2 Å². The summed E-state index contributed by atoms with van der Waals surface area (Å²) in [5, 5.41) is 15.9. The van der Waals surface area contributed by atoms with Gasteiger partial charge in [-0.2, -0.15) is 18.3 Å². The zero-order valence-electron chi connectivity index (χ0n) is 19.3. The van der Waals surface area contributed by atoms with E-state index in [0.717, 1.165) is 5.56 Å². The largest absolute Gasteiger partial charge is 0.456 e. The molecule has 2 aromatic heterocycles. The van der Waals surface area contributed by atoms with E-state index in [2.05, 4.69) is 15.2 Å². The lowest BCUT2D eigenvalue weighted by molar-refractivity contribution is -0.169. The van der Waals surface area contributed by atoms with Crippen molar-refractivity contribution in [2.24, 2.45) is 10.5 Å². The Hall–Kier alpha value is -3.28. The minimum atomic E-state index is -4.46. The third-order valence-corrected chi connectivity index (χ3v) is 7.28. The molecule has 2 aromatic carbocycles. The highest BCUT2D eigenvalue weighted by molar-refractivity contribution is 6.35. The summed E-state index contributed by atoms with van der Waals surface area (Å²) in [7, 11) is 0. The number of nitrogens with zero attached hydrogens (tertiary/aromatic N) is 7. The Morgan fingerprint density at radius 3 is 2.37 bits per heavy atom. The van der Waals surface area contributed by atoms with E-state index in [9.17, 15) is 13.2 Å². The van der Waals surface area contributed by atoms with E-state index in [0.29, 0.717) is 32.0 Å². The molecule has 1 saturated carbocycles. The number of anilines is 1. The highest BCUT2D eigenvalue weighted by Crippen LogP contribution is 2.59. The van der Waals surface area contributed by atoms with Crippen LogP contribution >= 0.6 is 34.8 Å². The molecule has 0 unspecified atom stereocenters. The van der Waals surface area contributed by atoms with Gasteiger partial charge in [0, 0.05) is 21.2 Å². The van der Waals surface area contributed by atoms with Gasteiger partial charge in [-0.15, -0.1) is 10.2 Å². The van der Waals surface area contributed by atoms with E-state index in [4.69, 9.17) is 44.6 Å². The van der Waals surface area contributed by atoms with Gasteiger partial charge >= 0.3 is 6.18 Å². The number of hydrazone groups is 1. The Morgan fingerprint density at radius 2 is 1.74 bits per heavy atom. The van der Waals surface area contributed by atoms with Crippen molar-refractivity contribution in [3.8, 4) is 16.9 Å². The molecule has 0 spiro atoms. The second-order valence-electron chi connectivity index (χ2n) is 8.92. The smallest absolute Gasteiger partial charge is 0.403 e. The molecule has 0 atom stereocenters. The van der Waals surface area contributed by atoms with Gasteiger partial charge in [-0.3, -0.25) is 0 Å². The first-order chi connectivity index (χ1) is 18.2. The van der Waals surface area contributed by atoms with Crippen LogP contribution in [0.1, 0.15) is 18.4 Å². The molecular formula is C24H17Cl3F3N7O. The summed E-state index contributed by atoms with van der Waals surface area (Å²) in [4.78, 5) is 4.01. The lowest BCUT2D eigenvalue weighted by Gasteiger charge is -2.16. The normalized spacial score (nSPS) is 16.5. The number of ether oxygens (including phenoxy) is 1. The quantitative estimate of drug-likeness (QED) is 0.257. The number of benzene rings is 2. The van der Waals surface area contributed by atoms with Crippen molar-refractivity contribution in [2.75, 3.05) is 11.7 Å². The molecule has 4 aromatic rings. The standard InChI is InChI=1S/C24H17Cl3F3N7O/c25-15-3-1-14(2-4-15)20-17(10-35-12-31-11-32-35)21(33-37(20)19-6-5-16(26)9-18(19)27)36-13-38-22(34-36)23(7-8-23)24(28,29)30/h1-6,9,11-12H,7-8,10,13H2. The predicted molar refractivity (Wildman–Crippen MR) is 137 cm³/mol. The van der Waals surface area contributed by atoms with Gasteiger partial charge in [0.25, 0.3) is 0 Å². The zero-order chi connectivity index (χ0) is 26.7. The van der Waals surface area contributed by atoms with Crippen molar-refractivity contribution in [1.82, 2.24) is 24.5 Å². The maximum Gasteiger partial charge on any atom is 0.403 e. The number of aromatic nitrogens is 5. The number of hydrogen-bond acceptors (Lipinski definition) is 6. The summed E-state index contributed by atoms with van der Waals surface area (Å²) in [6, 6.07) is 12.0. The predicted octanol–water partition coefficient (Wildman–Crippen LogP) is 6.59. The van der Waals surface area contributed by atoms with Crippen LogP contribution in [0.2, 0.25) is 15.1 Å². The SMILES string of the molecule is FC(F)(F)C1(C2=NN(c3nn(-c4ccc(Cl)cc4Cl)c(-c4ccc(Cl)cc4)c3Cn3cncn3)CO2)CC1. The summed E-state index contributed by atoms with van der Waals surface area (Å²) < 4.78 is 50.0. The topological polar surface area (TPSA) is 73.4 Å². The zero-order valence-corrected chi connectivity index (χ0v) is 21.6. The van der Waals surface area contributed by atoms with E-state index < -0.39 is 11.6 Å². The maximum absolute atomic E-state index is 13.8. The summed E-state index contributed by atoms with van der Waals surface area (Å²) >= 11 is 18.9. The highest BCUT2D eigenvalue weighted by Gasteiger charge is 2.69. The van der Waals surface area contributed by atoms with Crippen LogP contribution in [0.5, 0.6) is 0 Å². The molecule has 0 saturated heterocycles. The monoisotopic (exact) mass is 581 g/mol. The third-order valence-electron chi connectivity index (χ3n) is 6.49. The molecular weight excluding hydrogens is 566 g/mol. The Balaban J connectivity index is 1.56. The van der Waals surface area contributed by atoms with Gasteiger partial charge in [0.2, 0.25) is 5.90 Å². The van der Waals surface area contributed by atoms with Crippen molar-refractivity contribution in [3.05, 3.63) is 75.8 Å². The van der Waals surface area contributed by atoms with Gasteiger partial charge in [0.1, 0.15) is 18.1 Å². The molecule has 196 valence electrons. The van der Waals surface area contributed by atoms with Crippen LogP contribution < -0.4 is 5.01 Å². The molecule has 0 radical (unpaired) electrons. The molecule has 0 bridgehead atoms. The molecule has 3 heterocycles. The van der Waals surface area contributed by atoms with E-state index in [1.54, 1.807) is 39.7 Å². The summed E-state index contributed by atoms with van der Waals surface area (Å²) in [5.41, 5.74) is 0.388. The molecule has 2 aliphatic rings. The first-order valence-corrected chi connectivity index (χ1v) is 12.5. The Morgan fingerprint density at radius 1 is 1.00 bits per heavy atom. The van der Waals surface area contributed by atoms with Crippen LogP contribution in [0, 0.1) is 5.41 Å². The van der Waals surface area contributed by atoms with Crippen molar-refractivity contribution >= 4 is 46.5 Å². The lowest BCUT2D eigenvalue weighted by atomic mass is 10.1. The lowest BCUT2D eigenvalue weighted by Crippen LogP contribution is -2.32. The van der Waals surface area contributed by atoms with Crippen molar-refractivity contribution < 1.29 is 17.9 Å². The number of hydrogen-bond donors (Lipinski definition) is 0. The average molecular weight is 583 g/mol. The van der Waals surface area contributed by atoms with E-state index >= 15 is 0 Å². The van der Waals surface area contributed by atoms with Crippen LogP contribution in [0.25, 0.3) is 16.9 Å². The van der Waals surface area contributed by atoms with Crippen molar-refractivity contribution in [3.63, 3.8) is 0 Å². The molecule has 1 aliphatic carbocycles. The second-order valence-corrected chi connectivity index (χ2v) is 10.2. The fourth-order valence-corrected chi connectivity index (χ4v) is 4.99. The van der Waals surface area contributed by atoms with Gasteiger partial charge in [-0.1, -0.05) is 46.9 Å². The Bertz CT molecular complexity index is 1530. The molecule has 38 heavy (non-hydrogen) atoms. The van der Waals surface area contributed by atoms with Gasteiger partial charge < -0.3 is 4.74 Å². The van der Waals surface area contributed by atoms with Crippen LogP contribution in [-0.2, 0) is 11.3 Å². The van der Waals surface area contributed by atoms with Crippen molar-refractivity contribution in [1.29, 1.82) is 0 Å². The third kappa shape index (κ3) is 4.28. The molecule has 14 heteroatoms. The summed E-state index contributed by atoms with van der Waals surface area (Å²) in [6.07, 6.45) is -1.69.